The van der Waals surface area contributed by atoms with Gasteiger partial charge in [-0.25, -0.2) is 4.79 Å². The third-order valence-corrected chi connectivity index (χ3v) is 4.18. The lowest BCUT2D eigenvalue weighted by molar-refractivity contribution is 0.0117. The van der Waals surface area contributed by atoms with Crippen LogP contribution in [0.1, 0.15) is 46.5 Å². The summed E-state index contributed by atoms with van der Waals surface area (Å²) in [4.78, 5) is 14.2. The lowest BCUT2D eigenvalue weighted by Gasteiger charge is -2.33. The lowest BCUT2D eigenvalue weighted by Crippen LogP contribution is -2.49. The van der Waals surface area contributed by atoms with Gasteiger partial charge in [0.1, 0.15) is 5.75 Å². The Kier molecular flexibility index (Phi) is 5.88. The van der Waals surface area contributed by atoms with Gasteiger partial charge < -0.3 is 20.1 Å². The van der Waals surface area contributed by atoms with Crippen LogP contribution in [0.2, 0.25) is 0 Å². The van der Waals surface area contributed by atoms with Gasteiger partial charge in [0, 0.05) is 18.3 Å². The number of urea groups is 1. The maximum Gasteiger partial charge on any atom is 0.322 e. The van der Waals surface area contributed by atoms with Crippen molar-refractivity contribution in [3.63, 3.8) is 0 Å². The summed E-state index contributed by atoms with van der Waals surface area (Å²) >= 11 is 0. The number of amides is 2. The second-order valence-electron chi connectivity index (χ2n) is 6.67. The number of benzene rings is 1. The first-order valence-electron chi connectivity index (χ1n) is 8.44. The predicted molar refractivity (Wildman–Crippen MR) is 91.9 cm³/mol. The van der Waals surface area contributed by atoms with Gasteiger partial charge in [-0.2, -0.15) is 0 Å². The van der Waals surface area contributed by atoms with E-state index in [2.05, 4.69) is 12.2 Å². The molecule has 0 aliphatic carbocycles. The minimum atomic E-state index is -0.890. The summed E-state index contributed by atoms with van der Waals surface area (Å²) in [6.07, 6.45) is 3.85. The Hall–Kier alpha value is -1.75. The van der Waals surface area contributed by atoms with Gasteiger partial charge in [0.05, 0.1) is 18.2 Å². The number of anilines is 1. The van der Waals surface area contributed by atoms with Crippen molar-refractivity contribution in [1.29, 1.82) is 0 Å². The third-order valence-electron chi connectivity index (χ3n) is 4.18. The molecule has 0 radical (unpaired) electrons. The first-order chi connectivity index (χ1) is 10.9. The van der Waals surface area contributed by atoms with Crippen LogP contribution in [-0.4, -0.2) is 40.8 Å². The van der Waals surface area contributed by atoms with Crippen LogP contribution in [0, 0.1) is 0 Å². The highest BCUT2D eigenvalue weighted by Gasteiger charge is 2.38. The van der Waals surface area contributed by atoms with Crippen LogP contribution >= 0.6 is 0 Å². The second-order valence-corrected chi connectivity index (χ2v) is 6.67. The fraction of sp³-hybridized carbons (Fsp3) is 0.611. The molecule has 5 nitrogen and oxygen atoms in total. The Morgan fingerprint density at radius 3 is 2.96 bits per heavy atom. The van der Waals surface area contributed by atoms with Crippen molar-refractivity contribution in [2.45, 2.75) is 58.1 Å². The van der Waals surface area contributed by atoms with Gasteiger partial charge in [-0.15, -0.1) is 0 Å². The molecule has 1 aliphatic heterocycles. The highest BCUT2D eigenvalue weighted by molar-refractivity contribution is 5.90. The molecular formula is C18H28N2O3. The fourth-order valence-corrected chi connectivity index (χ4v) is 2.94. The quantitative estimate of drug-likeness (QED) is 0.787. The molecule has 1 atom stereocenters. The minimum absolute atomic E-state index is 0.147. The number of rotatable bonds is 6. The molecule has 0 saturated carbocycles. The molecule has 1 aromatic rings. The molecule has 5 heteroatoms. The van der Waals surface area contributed by atoms with Crippen molar-refractivity contribution in [3.05, 3.63) is 24.3 Å². The summed E-state index contributed by atoms with van der Waals surface area (Å²) in [5.41, 5.74) is -0.177. The summed E-state index contributed by atoms with van der Waals surface area (Å²) in [5, 5.41) is 13.1. The van der Waals surface area contributed by atoms with Crippen LogP contribution in [0.5, 0.6) is 5.75 Å². The molecule has 0 aromatic heterocycles. The number of carbonyl (C=O) groups is 1. The van der Waals surface area contributed by atoms with E-state index in [0.717, 1.165) is 31.4 Å². The number of unbranched alkanes of at least 4 members (excludes halogenated alkanes) is 1. The third kappa shape index (κ3) is 4.86. The van der Waals surface area contributed by atoms with E-state index in [1.165, 1.54) is 0 Å². The minimum Gasteiger partial charge on any atom is -0.494 e. The smallest absolute Gasteiger partial charge is 0.322 e. The number of ether oxygens (including phenoxy) is 1. The van der Waals surface area contributed by atoms with Crippen molar-refractivity contribution < 1.29 is 14.6 Å². The van der Waals surface area contributed by atoms with E-state index in [9.17, 15) is 9.90 Å². The Labute approximate surface area is 138 Å². The molecule has 1 heterocycles. The summed E-state index contributed by atoms with van der Waals surface area (Å²) in [7, 11) is 0. The Balaban J connectivity index is 1.98. The van der Waals surface area contributed by atoms with Crippen molar-refractivity contribution in [3.8, 4) is 5.75 Å². The number of hydrogen-bond donors (Lipinski definition) is 2. The molecule has 1 fully saturated rings. The number of nitrogens with one attached hydrogen (secondary N) is 1. The summed E-state index contributed by atoms with van der Waals surface area (Å²) < 4.78 is 5.66. The highest BCUT2D eigenvalue weighted by atomic mass is 16.5. The molecule has 2 amide bonds. The summed E-state index contributed by atoms with van der Waals surface area (Å²) in [6.45, 7) is 6.99. The number of hydrogen-bond acceptors (Lipinski definition) is 3. The zero-order chi connectivity index (χ0) is 16.9. The molecule has 128 valence electrons. The molecular weight excluding hydrogens is 292 g/mol. The molecule has 2 rings (SSSR count). The molecule has 1 aliphatic rings. The van der Waals surface area contributed by atoms with E-state index in [0.29, 0.717) is 18.8 Å². The second kappa shape index (κ2) is 7.68. The number of likely N-dealkylation sites (tertiary alicyclic amines) is 1. The fourth-order valence-electron chi connectivity index (χ4n) is 2.94. The van der Waals surface area contributed by atoms with E-state index in [-0.39, 0.29) is 12.1 Å². The predicted octanol–water partition coefficient (Wildman–Crippen LogP) is 3.63. The highest BCUT2D eigenvalue weighted by Crippen LogP contribution is 2.27. The zero-order valence-electron chi connectivity index (χ0n) is 14.3. The molecule has 1 saturated heterocycles. The summed E-state index contributed by atoms with van der Waals surface area (Å²) in [5.74, 6) is 0.761. The van der Waals surface area contributed by atoms with Crippen molar-refractivity contribution in [2.24, 2.45) is 0 Å². The normalized spacial score (nSPS) is 18.1. The van der Waals surface area contributed by atoms with E-state index >= 15 is 0 Å². The monoisotopic (exact) mass is 320 g/mol. The standard InChI is InChI=1S/C18H28N2O3/c1-4-5-12-23-15-9-6-8-14(13-15)19-17(21)20-11-7-10-16(20)18(2,3)22/h6,8-9,13,16,22H,4-5,7,10-12H2,1-3H3,(H,19,21). The van der Waals surface area contributed by atoms with Gasteiger partial charge >= 0.3 is 6.03 Å². The molecule has 1 aromatic carbocycles. The van der Waals surface area contributed by atoms with Crippen LogP contribution in [0.3, 0.4) is 0 Å². The van der Waals surface area contributed by atoms with E-state index in [1.807, 2.05) is 24.3 Å². The van der Waals surface area contributed by atoms with Crippen LogP contribution < -0.4 is 10.1 Å². The maximum absolute atomic E-state index is 12.5. The van der Waals surface area contributed by atoms with E-state index in [4.69, 9.17) is 4.74 Å². The molecule has 23 heavy (non-hydrogen) atoms. The van der Waals surface area contributed by atoms with Crippen LogP contribution in [0.15, 0.2) is 24.3 Å². The largest absolute Gasteiger partial charge is 0.494 e. The van der Waals surface area contributed by atoms with Gasteiger partial charge in [0.2, 0.25) is 0 Å². The molecule has 1 unspecified atom stereocenters. The maximum atomic E-state index is 12.5. The van der Waals surface area contributed by atoms with Gasteiger partial charge in [0.15, 0.2) is 0 Å². The molecule has 0 bridgehead atoms. The average molecular weight is 320 g/mol. The van der Waals surface area contributed by atoms with Crippen molar-refractivity contribution >= 4 is 11.7 Å². The first kappa shape index (κ1) is 17.6. The van der Waals surface area contributed by atoms with E-state index < -0.39 is 5.60 Å². The average Bonchev–Trinajstić information content (AvgIpc) is 2.98. The van der Waals surface area contributed by atoms with Gasteiger partial charge in [-0.3, -0.25) is 0 Å². The van der Waals surface area contributed by atoms with Crippen LogP contribution in [0.4, 0.5) is 10.5 Å². The van der Waals surface area contributed by atoms with Crippen LogP contribution in [0.25, 0.3) is 0 Å². The Morgan fingerprint density at radius 2 is 2.26 bits per heavy atom. The topological polar surface area (TPSA) is 61.8 Å². The number of nitrogens with zero attached hydrogens (tertiary/aromatic N) is 1. The zero-order valence-corrected chi connectivity index (χ0v) is 14.3. The Morgan fingerprint density at radius 1 is 1.48 bits per heavy atom. The number of aliphatic hydroxyl groups is 1. The Bertz CT molecular complexity index is 525. The van der Waals surface area contributed by atoms with E-state index in [1.54, 1.807) is 18.7 Å². The van der Waals surface area contributed by atoms with Gasteiger partial charge in [-0.05, 0) is 45.2 Å². The van der Waals surface area contributed by atoms with Crippen molar-refractivity contribution in [2.75, 3.05) is 18.5 Å². The van der Waals surface area contributed by atoms with Gasteiger partial charge in [0.25, 0.3) is 0 Å². The number of carbonyl (C=O) groups excluding carboxylic acids is 1. The lowest BCUT2D eigenvalue weighted by atomic mass is 9.97. The molecule has 0 spiro atoms. The SMILES string of the molecule is CCCCOc1cccc(NC(=O)N2CCCC2C(C)(C)O)c1. The van der Waals surface area contributed by atoms with Crippen molar-refractivity contribution in [1.82, 2.24) is 4.90 Å². The van der Waals surface area contributed by atoms with Crippen LogP contribution in [-0.2, 0) is 0 Å². The van der Waals surface area contributed by atoms with Gasteiger partial charge in [-0.1, -0.05) is 19.4 Å². The first-order valence-corrected chi connectivity index (χ1v) is 8.44. The summed E-state index contributed by atoms with van der Waals surface area (Å²) in [6, 6.07) is 7.13. The molecule has 2 N–H and O–H groups in total.